The molecule has 204 valence electrons. The Bertz CT molecular complexity index is 989. The number of nitrogens with one attached hydrogen (secondary N) is 3. The summed E-state index contributed by atoms with van der Waals surface area (Å²) in [4.78, 5) is 71.3. The van der Waals surface area contributed by atoms with Crippen molar-refractivity contribution in [2.75, 3.05) is 5.75 Å². The van der Waals surface area contributed by atoms with Crippen LogP contribution in [-0.2, 0) is 35.2 Å². The minimum atomic E-state index is -1.52. The first-order valence-electron chi connectivity index (χ1n) is 11.1. The minimum absolute atomic E-state index is 0.0318. The normalized spacial score (nSPS) is 13.9. The summed E-state index contributed by atoms with van der Waals surface area (Å²) in [5, 5.41) is 34.2. The second-order valence-corrected chi connectivity index (χ2v) is 8.48. The topological polar surface area (TPSA) is 251 Å². The van der Waals surface area contributed by atoms with Crippen LogP contribution in [0.25, 0.3) is 0 Å². The van der Waals surface area contributed by atoms with Crippen molar-refractivity contribution in [1.82, 2.24) is 16.0 Å². The van der Waals surface area contributed by atoms with Crippen LogP contribution < -0.4 is 27.4 Å². The monoisotopic (exact) mass is 541 g/mol. The zero-order valence-electron chi connectivity index (χ0n) is 19.8. The molecule has 0 aliphatic rings. The number of phenolic OH excluding ortho intramolecular Hbond substituents is 1. The molecule has 37 heavy (non-hydrogen) atoms. The molecule has 0 saturated carbocycles. The number of carbonyl (C=O) groups excluding carboxylic acids is 4. The van der Waals surface area contributed by atoms with E-state index in [4.69, 9.17) is 16.6 Å². The first-order valence-corrected chi connectivity index (χ1v) is 11.8. The van der Waals surface area contributed by atoms with Gasteiger partial charge in [0.15, 0.2) is 0 Å². The maximum atomic E-state index is 12.9. The Labute approximate surface area is 217 Å². The van der Waals surface area contributed by atoms with E-state index in [1.54, 1.807) is 12.1 Å². The molecule has 4 unspecified atom stereocenters. The summed E-state index contributed by atoms with van der Waals surface area (Å²) < 4.78 is 0. The molecule has 4 amide bonds. The highest BCUT2D eigenvalue weighted by Gasteiger charge is 2.30. The van der Waals surface area contributed by atoms with E-state index >= 15 is 0 Å². The zero-order valence-corrected chi connectivity index (χ0v) is 20.6. The molecule has 15 heteroatoms. The van der Waals surface area contributed by atoms with Gasteiger partial charge in [0.2, 0.25) is 23.6 Å². The van der Waals surface area contributed by atoms with E-state index in [0.717, 1.165) is 0 Å². The van der Waals surface area contributed by atoms with Gasteiger partial charge in [0.05, 0.1) is 6.04 Å². The third-order valence-electron chi connectivity index (χ3n) is 5.12. The van der Waals surface area contributed by atoms with E-state index in [1.807, 2.05) is 0 Å². The minimum Gasteiger partial charge on any atom is -0.508 e. The third-order valence-corrected chi connectivity index (χ3v) is 5.48. The number of carboxylic acid groups (broad SMARTS) is 2. The van der Waals surface area contributed by atoms with E-state index in [-0.39, 0.29) is 37.2 Å². The fourth-order valence-electron chi connectivity index (χ4n) is 3.08. The number of aromatic hydroxyl groups is 1. The Morgan fingerprint density at radius 3 is 1.84 bits per heavy atom. The number of carbonyl (C=O) groups is 6. The molecule has 0 spiro atoms. The van der Waals surface area contributed by atoms with E-state index < -0.39 is 66.2 Å². The average Bonchev–Trinajstić information content (AvgIpc) is 2.83. The van der Waals surface area contributed by atoms with E-state index in [9.17, 15) is 39.0 Å². The van der Waals surface area contributed by atoms with E-state index in [0.29, 0.717) is 5.56 Å². The first kappa shape index (κ1) is 31.2. The maximum absolute atomic E-state index is 12.9. The summed E-state index contributed by atoms with van der Waals surface area (Å²) in [6.45, 7) is 0. The summed E-state index contributed by atoms with van der Waals surface area (Å²) in [6, 6.07) is 0.691. The van der Waals surface area contributed by atoms with Crippen LogP contribution in [-0.4, -0.2) is 80.8 Å². The molecule has 1 aromatic carbocycles. The molecule has 10 N–H and O–H groups in total. The highest BCUT2D eigenvalue weighted by molar-refractivity contribution is 7.80. The van der Waals surface area contributed by atoms with Crippen LogP contribution in [0.2, 0.25) is 0 Å². The van der Waals surface area contributed by atoms with Crippen LogP contribution in [0.5, 0.6) is 5.75 Å². The fraction of sp³-hybridized carbons (Fsp3) is 0.455. The standard InChI is InChI=1S/C22H31N5O9S/c23-13(9-11-1-3-12(28)4-2-11)19(32)25-14(5-7-17(24)29)20(33)27-16(10-37)21(34)26-15(22(35)36)6-8-18(30)31/h1-4,13-16,28,37H,5-10,23H2,(H2,24,29)(H,25,32)(H,26,34)(H,27,33)(H,30,31)(H,35,36). The van der Waals surface area contributed by atoms with Crippen molar-refractivity contribution in [2.24, 2.45) is 11.5 Å². The lowest BCUT2D eigenvalue weighted by Crippen LogP contribution is -2.58. The summed E-state index contributed by atoms with van der Waals surface area (Å²) in [7, 11) is 0. The summed E-state index contributed by atoms with van der Waals surface area (Å²) in [5.41, 5.74) is 11.7. The number of primary amides is 1. The van der Waals surface area contributed by atoms with Crippen LogP contribution in [0.1, 0.15) is 31.2 Å². The number of thiol groups is 1. The molecule has 0 radical (unpaired) electrons. The van der Waals surface area contributed by atoms with Crippen molar-refractivity contribution in [2.45, 2.75) is 56.3 Å². The van der Waals surface area contributed by atoms with Gasteiger partial charge in [-0.2, -0.15) is 12.6 Å². The highest BCUT2D eigenvalue weighted by atomic mass is 32.1. The molecule has 0 aromatic heterocycles. The molecule has 4 atom stereocenters. The zero-order chi connectivity index (χ0) is 28.1. The van der Waals surface area contributed by atoms with Gasteiger partial charge in [0.1, 0.15) is 23.9 Å². The van der Waals surface area contributed by atoms with Crippen LogP contribution in [0, 0.1) is 0 Å². The molecule has 14 nitrogen and oxygen atoms in total. The summed E-state index contributed by atoms with van der Waals surface area (Å²) in [5.74, 6) is -6.24. The van der Waals surface area contributed by atoms with Gasteiger partial charge in [0, 0.05) is 18.6 Å². The molecular weight excluding hydrogens is 510 g/mol. The Morgan fingerprint density at radius 1 is 0.811 bits per heavy atom. The first-order chi connectivity index (χ1) is 17.3. The van der Waals surface area contributed by atoms with Crippen molar-refractivity contribution in [3.8, 4) is 5.75 Å². The van der Waals surface area contributed by atoms with Crippen molar-refractivity contribution in [3.05, 3.63) is 29.8 Å². The predicted molar refractivity (Wildman–Crippen MR) is 132 cm³/mol. The molecule has 0 fully saturated rings. The van der Waals surface area contributed by atoms with Crippen molar-refractivity contribution >= 4 is 48.2 Å². The number of hydrogen-bond acceptors (Lipinski definition) is 9. The van der Waals surface area contributed by atoms with Gasteiger partial charge in [-0.15, -0.1) is 0 Å². The quantitative estimate of drug-likeness (QED) is 0.103. The fourth-order valence-corrected chi connectivity index (χ4v) is 3.33. The Morgan fingerprint density at radius 2 is 1.32 bits per heavy atom. The van der Waals surface area contributed by atoms with E-state index in [1.165, 1.54) is 12.1 Å². The number of carboxylic acids is 2. The van der Waals surface area contributed by atoms with Crippen molar-refractivity contribution in [1.29, 1.82) is 0 Å². The molecular formula is C22H31N5O9S. The predicted octanol–water partition coefficient (Wildman–Crippen LogP) is -2.14. The number of aliphatic carboxylic acids is 2. The Balaban J connectivity index is 2.88. The summed E-state index contributed by atoms with van der Waals surface area (Å²) >= 11 is 3.99. The number of phenols is 1. The van der Waals surface area contributed by atoms with Gasteiger partial charge in [-0.3, -0.25) is 24.0 Å². The highest BCUT2D eigenvalue weighted by Crippen LogP contribution is 2.11. The second kappa shape index (κ2) is 15.3. The number of benzene rings is 1. The molecule has 0 bridgehead atoms. The lowest BCUT2D eigenvalue weighted by Gasteiger charge is -2.24. The summed E-state index contributed by atoms with van der Waals surface area (Å²) in [6.07, 6.45) is -1.32. The van der Waals surface area contributed by atoms with Gasteiger partial charge in [-0.05, 0) is 37.0 Å². The Hall–Kier alpha value is -3.85. The Kier molecular flexibility index (Phi) is 12.9. The molecule has 0 saturated heterocycles. The SMILES string of the molecule is NC(=O)CCC(NC(=O)C(N)Cc1ccc(O)cc1)C(=O)NC(CS)C(=O)NC(CCC(=O)O)C(=O)O. The largest absolute Gasteiger partial charge is 0.508 e. The van der Waals surface area contributed by atoms with Crippen LogP contribution in [0.3, 0.4) is 0 Å². The number of rotatable bonds is 16. The lowest BCUT2D eigenvalue weighted by molar-refractivity contribution is -0.143. The van der Waals surface area contributed by atoms with Crippen LogP contribution in [0.15, 0.2) is 24.3 Å². The lowest BCUT2D eigenvalue weighted by atomic mass is 10.0. The van der Waals surface area contributed by atoms with Gasteiger partial charge in [-0.1, -0.05) is 12.1 Å². The van der Waals surface area contributed by atoms with Gasteiger partial charge < -0.3 is 42.7 Å². The average molecular weight is 542 g/mol. The van der Waals surface area contributed by atoms with Crippen LogP contribution >= 0.6 is 12.6 Å². The molecule has 0 aliphatic heterocycles. The van der Waals surface area contributed by atoms with E-state index in [2.05, 4.69) is 28.6 Å². The maximum Gasteiger partial charge on any atom is 0.326 e. The van der Waals surface area contributed by atoms with Crippen LogP contribution in [0.4, 0.5) is 0 Å². The smallest absolute Gasteiger partial charge is 0.326 e. The molecule has 1 aromatic rings. The van der Waals surface area contributed by atoms with Gasteiger partial charge in [-0.25, -0.2) is 4.79 Å². The van der Waals surface area contributed by atoms with Crippen molar-refractivity contribution < 1.29 is 44.1 Å². The van der Waals surface area contributed by atoms with Crippen molar-refractivity contribution in [3.63, 3.8) is 0 Å². The van der Waals surface area contributed by atoms with Gasteiger partial charge in [0.25, 0.3) is 0 Å². The van der Waals surface area contributed by atoms with Gasteiger partial charge >= 0.3 is 11.9 Å². The number of hydrogen-bond donors (Lipinski definition) is 9. The molecule has 0 aliphatic carbocycles. The number of nitrogens with two attached hydrogens (primary N) is 2. The third kappa shape index (κ3) is 11.6. The second-order valence-electron chi connectivity index (χ2n) is 8.12. The molecule has 1 rings (SSSR count). The molecule has 0 heterocycles. The number of amides is 4.